The van der Waals surface area contributed by atoms with E-state index < -0.39 is 0 Å². The molecule has 1 heterocycles. The molecule has 0 bridgehead atoms. The molecule has 1 aromatic heterocycles. The summed E-state index contributed by atoms with van der Waals surface area (Å²) in [5.74, 6) is 0.547. The number of benzene rings is 2. The van der Waals surface area contributed by atoms with Crippen LogP contribution in [0.15, 0.2) is 51.7 Å². The summed E-state index contributed by atoms with van der Waals surface area (Å²) >= 11 is 0. The third kappa shape index (κ3) is 2.54. The van der Waals surface area contributed by atoms with E-state index in [1.807, 2.05) is 0 Å². The predicted molar refractivity (Wildman–Crippen MR) is 82.1 cm³/mol. The molecular formula is C16H13NO5. The van der Waals surface area contributed by atoms with Gasteiger partial charge in [-0.15, -0.1) is 0 Å². The second kappa shape index (κ2) is 5.33. The van der Waals surface area contributed by atoms with Gasteiger partial charge in [-0.25, -0.2) is 0 Å². The van der Waals surface area contributed by atoms with E-state index in [1.165, 1.54) is 37.4 Å². The van der Waals surface area contributed by atoms with E-state index in [9.17, 15) is 15.0 Å². The van der Waals surface area contributed by atoms with Crippen molar-refractivity contribution < 1.29 is 19.4 Å². The van der Waals surface area contributed by atoms with E-state index >= 15 is 0 Å². The summed E-state index contributed by atoms with van der Waals surface area (Å²) < 4.78 is 10.6. The van der Waals surface area contributed by atoms with Gasteiger partial charge in [0.05, 0.1) is 7.11 Å². The van der Waals surface area contributed by atoms with Crippen molar-refractivity contribution in [3.63, 3.8) is 0 Å². The minimum atomic E-state index is -0.373. The number of phenolic OH excluding ortho intramolecular Hbond substituents is 2. The molecule has 0 unspecified atom stereocenters. The molecule has 0 atom stereocenters. The molecule has 0 amide bonds. The van der Waals surface area contributed by atoms with Crippen molar-refractivity contribution in [1.29, 1.82) is 0 Å². The second-order valence-corrected chi connectivity index (χ2v) is 4.67. The van der Waals surface area contributed by atoms with E-state index in [0.29, 0.717) is 11.4 Å². The van der Waals surface area contributed by atoms with Crippen LogP contribution in [-0.4, -0.2) is 17.3 Å². The van der Waals surface area contributed by atoms with Crippen molar-refractivity contribution in [1.82, 2.24) is 0 Å². The Morgan fingerprint density at radius 1 is 1.09 bits per heavy atom. The second-order valence-electron chi connectivity index (χ2n) is 4.67. The van der Waals surface area contributed by atoms with Crippen molar-refractivity contribution in [3.8, 4) is 17.2 Å². The Kier molecular flexibility index (Phi) is 3.34. The van der Waals surface area contributed by atoms with E-state index in [0.717, 1.165) is 0 Å². The lowest BCUT2D eigenvalue weighted by Gasteiger charge is -2.08. The first-order valence-electron chi connectivity index (χ1n) is 6.48. The fourth-order valence-corrected chi connectivity index (χ4v) is 2.11. The lowest BCUT2D eigenvalue weighted by atomic mass is 10.2. The summed E-state index contributed by atoms with van der Waals surface area (Å²) in [6.07, 6.45) is 0. The van der Waals surface area contributed by atoms with Crippen LogP contribution in [0.3, 0.4) is 0 Å². The SMILES string of the molecule is COc1cc(O)c2c(=O)cc(Nc3ccc(O)cc3)oc2c1. The highest BCUT2D eigenvalue weighted by molar-refractivity contribution is 5.85. The molecule has 2 aromatic carbocycles. The van der Waals surface area contributed by atoms with Gasteiger partial charge < -0.3 is 24.7 Å². The molecule has 0 saturated carbocycles. The van der Waals surface area contributed by atoms with Gasteiger partial charge in [-0.05, 0) is 24.3 Å². The maximum Gasteiger partial charge on any atom is 0.201 e. The molecule has 0 radical (unpaired) electrons. The Morgan fingerprint density at radius 3 is 2.50 bits per heavy atom. The Balaban J connectivity index is 2.08. The third-order valence-electron chi connectivity index (χ3n) is 3.15. The molecule has 22 heavy (non-hydrogen) atoms. The highest BCUT2D eigenvalue weighted by atomic mass is 16.5. The van der Waals surface area contributed by atoms with Gasteiger partial charge in [-0.3, -0.25) is 4.79 Å². The molecule has 0 fully saturated rings. The lowest BCUT2D eigenvalue weighted by molar-refractivity contribution is 0.408. The van der Waals surface area contributed by atoms with Crippen LogP contribution in [0.2, 0.25) is 0 Å². The van der Waals surface area contributed by atoms with Crippen LogP contribution in [0.1, 0.15) is 0 Å². The molecule has 0 aliphatic rings. The van der Waals surface area contributed by atoms with Crippen molar-refractivity contribution in [2.75, 3.05) is 12.4 Å². The summed E-state index contributed by atoms with van der Waals surface area (Å²) in [6, 6.07) is 10.4. The number of rotatable bonds is 3. The molecule has 112 valence electrons. The number of methoxy groups -OCH3 is 1. The average Bonchev–Trinajstić information content (AvgIpc) is 2.48. The van der Waals surface area contributed by atoms with E-state index in [4.69, 9.17) is 9.15 Å². The number of nitrogens with one attached hydrogen (secondary N) is 1. The van der Waals surface area contributed by atoms with Crippen LogP contribution < -0.4 is 15.5 Å². The van der Waals surface area contributed by atoms with Crippen LogP contribution >= 0.6 is 0 Å². The summed E-state index contributed by atoms with van der Waals surface area (Å²) in [4.78, 5) is 12.1. The van der Waals surface area contributed by atoms with Crippen LogP contribution in [-0.2, 0) is 0 Å². The fourth-order valence-electron chi connectivity index (χ4n) is 2.11. The molecule has 0 aliphatic carbocycles. The smallest absolute Gasteiger partial charge is 0.201 e. The monoisotopic (exact) mass is 299 g/mol. The predicted octanol–water partition coefficient (Wildman–Crippen LogP) is 2.96. The van der Waals surface area contributed by atoms with Gasteiger partial charge in [0, 0.05) is 23.9 Å². The minimum Gasteiger partial charge on any atom is -0.508 e. The van der Waals surface area contributed by atoms with E-state index in [1.54, 1.807) is 12.1 Å². The topological polar surface area (TPSA) is 91.9 Å². The molecule has 0 aliphatic heterocycles. The number of aromatic hydroxyl groups is 2. The maximum absolute atomic E-state index is 12.1. The molecule has 3 rings (SSSR count). The average molecular weight is 299 g/mol. The molecular weight excluding hydrogens is 286 g/mol. The van der Waals surface area contributed by atoms with Gasteiger partial charge >= 0.3 is 0 Å². The van der Waals surface area contributed by atoms with Gasteiger partial charge in [0.25, 0.3) is 0 Å². The standard InChI is InChI=1S/C16H13NO5/c1-21-11-6-12(19)16-13(20)8-15(22-14(16)7-11)17-9-2-4-10(18)5-3-9/h2-8,17-19H,1H3. The van der Waals surface area contributed by atoms with Crippen molar-refractivity contribution >= 4 is 22.5 Å². The number of ether oxygens (including phenoxy) is 1. The third-order valence-corrected chi connectivity index (χ3v) is 3.15. The Hall–Kier alpha value is -3.15. The van der Waals surface area contributed by atoms with Crippen LogP contribution in [0.4, 0.5) is 11.6 Å². The van der Waals surface area contributed by atoms with Gasteiger partial charge in [0.2, 0.25) is 5.88 Å². The Morgan fingerprint density at radius 2 is 1.82 bits per heavy atom. The minimum absolute atomic E-state index is 0.0945. The van der Waals surface area contributed by atoms with Crippen LogP contribution in [0, 0.1) is 0 Å². The maximum atomic E-state index is 12.1. The molecule has 3 N–H and O–H groups in total. The molecule has 6 heteroatoms. The van der Waals surface area contributed by atoms with Crippen molar-refractivity contribution in [3.05, 3.63) is 52.7 Å². The highest BCUT2D eigenvalue weighted by Gasteiger charge is 2.11. The first-order chi connectivity index (χ1) is 10.6. The number of anilines is 2. The summed E-state index contributed by atoms with van der Waals surface area (Å²) in [7, 11) is 1.46. The van der Waals surface area contributed by atoms with Crippen molar-refractivity contribution in [2.45, 2.75) is 0 Å². The summed E-state index contributed by atoms with van der Waals surface area (Å²) in [5.41, 5.74) is 0.487. The summed E-state index contributed by atoms with van der Waals surface area (Å²) in [6.45, 7) is 0. The zero-order chi connectivity index (χ0) is 15.7. The number of phenols is 2. The van der Waals surface area contributed by atoms with Crippen LogP contribution in [0.5, 0.6) is 17.2 Å². The number of fused-ring (bicyclic) bond motifs is 1. The number of hydrogen-bond donors (Lipinski definition) is 3. The van der Waals surface area contributed by atoms with E-state index in [-0.39, 0.29) is 33.8 Å². The van der Waals surface area contributed by atoms with Crippen LogP contribution in [0.25, 0.3) is 11.0 Å². The van der Waals surface area contributed by atoms with Crippen molar-refractivity contribution in [2.24, 2.45) is 0 Å². The molecule has 6 nitrogen and oxygen atoms in total. The normalized spacial score (nSPS) is 10.6. The molecule has 3 aromatic rings. The van der Waals surface area contributed by atoms with Gasteiger partial charge in [-0.1, -0.05) is 0 Å². The Labute approximate surface area is 125 Å². The van der Waals surface area contributed by atoms with E-state index in [2.05, 4.69) is 5.32 Å². The zero-order valence-electron chi connectivity index (χ0n) is 11.7. The number of hydrogen-bond acceptors (Lipinski definition) is 6. The fraction of sp³-hybridized carbons (Fsp3) is 0.0625. The highest BCUT2D eigenvalue weighted by Crippen LogP contribution is 2.30. The quantitative estimate of drug-likeness (QED) is 0.644. The molecule has 0 spiro atoms. The zero-order valence-corrected chi connectivity index (χ0v) is 11.7. The Bertz CT molecular complexity index is 883. The van der Waals surface area contributed by atoms with Gasteiger partial charge in [0.1, 0.15) is 28.2 Å². The van der Waals surface area contributed by atoms with Gasteiger partial charge in [-0.2, -0.15) is 0 Å². The summed E-state index contributed by atoms with van der Waals surface area (Å²) in [5, 5.41) is 22.2. The molecule has 0 saturated heterocycles. The lowest BCUT2D eigenvalue weighted by Crippen LogP contribution is -2.03. The van der Waals surface area contributed by atoms with Gasteiger partial charge in [0.15, 0.2) is 5.43 Å². The largest absolute Gasteiger partial charge is 0.508 e. The first kappa shape index (κ1) is 13.8. The first-order valence-corrected chi connectivity index (χ1v) is 6.48.